The zero-order chi connectivity index (χ0) is 15.2. The van der Waals surface area contributed by atoms with Gasteiger partial charge in [-0.1, -0.05) is 11.6 Å². The number of likely N-dealkylation sites (tertiary alicyclic amines) is 1. The molecule has 1 N–H and O–H groups in total. The molecule has 1 saturated heterocycles. The Kier molecular flexibility index (Phi) is 6.15. The maximum absolute atomic E-state index is 9.31. The molecule has 118 valence electrons. The molecule has 5 heteroatoms. The number of hydrogen-bond donors (Lipinski definition) is 1. The SMILES string of the molecule is CCOc1c(Cl)cc(CN2CCCC(CO)C2)cc1OC. The molecule has 1 aliphatic heterocycles. The third-order valence-corrected chi connectivity index (χ3v) is 4.13. The van der Waals surface area contributed by atoms with Crippen LogP contribution >= 0.6 is 11.6 Å². The van der Waals surface area contributed by atoms with E-state index >= 15 is 0 Å². The first-order valence-corrected chi connectivity index (χ1v) is 7.88. The molecule has 1 fully saturated rings. The van der Waals surface area contributed by atoms with Crippen LogP contribution in [0.5, 0.6) is 11.5 Å². The summed E-state index contributed by atoms with van der Waals surface area (Å²) in [5.74, 6) is 1.67. The number of aliphatic hydroxyl groups excluding tert-OH is 1. The van der Waals surface area contributed by atoms with Crippen LogP contribution in [0.3, 0.4) is 0 Å². The summed E-state index contributed by atoms with van der Waals surface area (Å²) in [6.45, 7) is 5.56. The average Bonchev–Trinajstić information content (AvgIpc) is 2.50. The van der Waals surface area contributed by atoms with Gasteiger partial charge in [0.2, 0.25) is 0 Å². The van der Waals surface area contributed by atoms with Gasteiger partial charge in [-0.25, -0.2) is 0 Å². The van der Waals surface area contributed by atoms with E-state index in [-0.39, 0.29) is 6.61 Å². The molecule has 1 aromatic rings. The number of halogens is 1. The first-order chi connectivity index (χ1) is 10.2. The Balaban J connectivity index is 2.11. The molecule has 1 unspecified atom stereocenters. The Labute approximate surface area is 131 Å². The van der Waals surface area contributed by atoms with E-state index in [4.69, 9.17) is 21.1 Å². The third-order valence-electron chi connectivity index (χ3n) is 3.85. The van der Waals surface area contributed by atoms with Crippen LogP contribution in [0, 0.1) is 5.92 Å². The molecule has 1 aliphatic rings. The smallest absolute Gasteiger partial charge is 0.179 e. The largest absolute Gasteiger partial charge is 0.493 e. The normalized spacial score (nSPS) is 19.5. The molecule has 2 rings (SSSR count). The van der Waals surface area contributed by atoms with Gasteiger partial charge >= 0.3 is 0 Å². The second-order valence-corrected chi connectivity index (χ2v) is 5.88. The van der Waals surface area contributed by atoms with E-state index in [2.05, 4.69) is 4.90 Å². The fourth-order valence-corrected chi connectivity index (χ4v) is 3.14. The van der Waals surface area contributed by atoms with Crippen molar-refractivity contribution < 1.29 is 14.6 Å². The summed E-state index contributed by atoms with van der Waals surface area (Å²) < 4.78 is 10.9. The molecule has 1 atom stereocenters. The Morgan fingerprint density at radius 1 is 1.43 bits per heavy atom. The number of methoxy groups -OCH3 is 1. The number of nitrogens with zero attached hydrogens (tertiary/aromatic N) is 1. The number of aliphatic hydroxyl groups is 1. The van der Waals surface area contributed by atoms with Crippen LogP contribution in [0.15, 0.2) is 12.1 Å². The van der Waals surface area contributed by atoms with Gasteiger partial charge in [0.05, 0.1) is 18.7 Å². The zero-order valence-electron chi connectivity index (χ0n) is 12.8. The summed E-state index contributed by atoms with van der Waals surface area (Å²) in [5, 5.41) is 9.90. The van der Waals surface area contributed by atoms with E-state index in [1.165, 1.54) is 0 Å². The van der Waals surface area contributed by atoms with E-state index in [9.17, 15) is 5.11 Å². The van der Waals surface area contributed by atoms with E-state index in [1.54, 1.807) is 7.11 Å². The summed E-state index contributed by atoms with van der Waals surface area (Å²) >= 11 is 6.30. The molecule has 0 radical (unpaired) electrons. The number of rotatable bonds is 6. The van der Waals surface area contributed by atoms with Gasteiger partial charge in [0, 0.05) is 19.7 Å². The number of hydrogen-bond acceptors (Lipinski definition) is 4. The first-order valence-electron chi connectivity index (χ1n) is 7.50. The van der Waals surface area contributed by atoms with Crippen molar-refractivity contribution in [3.05, 3.63) is 22.7 Å². The van der Waals surface area contributed by atoms with Crippen molar-refractivity contribution in [2.24, 2.45) is 5.92 Å². The third kappa shape index (κ3) is 4.25. The molecule has 21 heavy (non-hydrogen) atoms. The Hall–Kier alpha value is -0.970. The van der Waals surface area contributed by atoms with Crippen molar-refractivity contribution in [1.82, 2.24) is 4.90 Å². The highest BCUT2D eigenvalue weighted by Gasteiger charge is 2.20. The van der Waals surface area contributed by atoms with Crippen LogP contribution in [0.1, 0.15) is 25.3 Å². The lowest BCUT2D eigenvalue weighted by molar-refractivity contribution is 0.116. The van der Waals surface area contributed by atoms with Gasteiger partial charge in [0.15, 0.2) is 11.5 Å². The molecule has 0 aromatic heterocycles. The van der Waals surface area contributed by atoms with Gasteiger partial charge in [0.25, 0.3) is 0 Å². The molecular formula is C16H24ClNO3. The Bertz CT molecular complexity index is 467. The minimum absolute atomic E-state index is 0.268. The van der Waals surface area contributed by atoms with Gasteiger partial charge < -0.3 is 14.6 Å². The maximum atomic E-state index is 9.31. The van der Waals surface area contributed by atoms with E-state index in [0.717, 1.165) is 38.0 Å². The average molecular weight is 314 g/mol. The molecule has 0 aliphatic carbocycles. The second kappa shape index (κ2) is 7.87. The van der Waals surface area contributed by atoms with Crippen LogP contribution in [0.2, 0.25) is 5.02 Å². The molecule has 0 spiro atoms. The fraction of sp³-hybridized carbons (Fsp3) is 0.625. The van der Waals surface area contributed by atoms with Crippen molar-refractivity contribution in [3.8, 4) is 11.5 Å². The van der Waals surface area contributed by atoms with Gasteiger partial charge in [-0.3, -0.25) is 4.90 Å². The minimum atomic E-state index is 0.268. The van der Waals surface area contributed by atoms with Crippen LogP contribution in [0.4, 0.5) is 0 Å². The van der Waals surface area contributed by atoms with E-state index < -0.39 is 0 Å². The van der Waals surface area contributed by atoms with Gasteiger partial charge in [-0.2, -0.15) is 0 Å². The van der Waals surface area contributed by atoms with Crippen molar-refractivity contribution >= 4 is 11.6 Å². The van der Waals surface area contributed by atoms with Gasteiger partial charge in [0.1, 0.15) is 0 Å². The van der Waals surface area contributed by atoms with Crippen LogP contribution < -0.4 is 9.47 Å². The maximum Gasteiger partial charge on any atom is 0.179 e. The molecular weight excluding hydrogens is 290 g/mol. The first kappa shape index (κ1) is 16.4. The Morgan fingerprint density at radius 2 is 2.24 bits per heavy atom. The summed E-state index contributed by atoms with van der Waals surface area (Å²) in [7, 11) is 1.63. The minimum Gasteiger partial charge on any atom is -0.493 e. The van der Waals surface area contributed by atoms with Gasteiger partial charge in [-0.15, -0.1) is 0 Å². The fourth-order valence-electron chi connectivity index (χ4n) is 2.85. The van der Waals surface area contributed by atoms with Crippen molar-refractivity contribution in [1.29, 1.82) is 0 Å². The van der Waals surface area contributed by atoms with Crippen molar-refractivity contribution in [2.45, 2.75) is 26.3 Å². The number of benzene rings is 1. The molecule has 4 nitrogen and oxygen atoms in total. The summed E-state index contributed by atoms with van der Waals surface area (Å²) in [6.07, 6.45) is 2.24. The highest BCUT2D eigenvalue weighted by Crippen LogP contribution is 2.37. The monoisotopic (exact) mass is 313 g/mol. The number of ether oxygens (including phenoxy) is 2. The van der Waals surface area contributed by atoms with Crippen molar-refractivity contribution in [2.75, 3.05) is 33.4 Å². The lowest BCUT2D eigenvalue weighted by atomic mass is 9.98. The topological polar surface area (TPSA) is 41.9 Å². The Morgan fingerprint density at radius 3 is 2.90 bits per heavy atom. The molecule has 0 bridgehead atoms. The zero-order valence-corrected chi connectivity index (χ0v) is 13.5. The summed E-state index contributed by atoms with van der Waals surface area (Å²) in [6, 6.07) is 3.93. The van der Waals surface area contributed by atoms with E-state index in [1.807, 2.05) is 19.1 Å². The lowest BCUT2D eigenvalue weighted by Gasteiger charge is -2.32. The molecule has 1 heterocycles. The van der Waals surface area contributed by atoms with Gasteiger partial charge in [-0.05, 0) is 49.9 Å². The van der Waals surface area contributed by atoms with Crippen molar-refractivity contribution in [3.63, 3.8) is 0 Å². The summed E-state index contributed by atoms with van der Waals surface area (Å²) in [4.78, 5) is 2.36. The van der Waals surface area contributed by atoms with E-state index in [0.29, 0.717) is 29.0 Å². The quantitative estimate of drug-likeness (QED) is 0.877. The van der Waals surface area contributed by atoms with Crippen LogP contribution in [-0.4, -0.2) is 43.4 Å². The molecule has 1 aromatic carbocycles. The van der Waals surface area contributed by atoms with Crippen LogP contribution in [0.25, 0.3) is 0 Å². The standard InChI is InChI=1S/C16H24ClNO3/c1-3-21-16-14(17)7-13(8-15(16)20-2)10-18-6-4-5-12(9-18)11-19/h7-8,12,19H,3-6,9-11H2,1-2H3. The summed E-state index contributed by atoms with van der Waals surface area (Å²) in [5.41, 5.74) is 1.11. The molecule has 0 saturated carbocycles. The highest BCUT2D eigenvalue weighted by atomic mass is 35.5. The molecule has 0 amide bonds. The predicted molar refractivity (Wildman–Crippen MR) is 84.3 cm³/mol. The second-order valence-electron chi connectivity index (χ2n) is 5.47. The lowest BCUT2D eigenvalue weighted by Crippen LogP contribution is -2.36. The predicted octanol–water partition coefficient (Wildman–Crippen LogP) is 2.95. The highest BCUT2D eigenvalue weighted by molar-refractivity contribution is 6.32. The number of piperidine rings is 1. The van der Waals surface area contributed by atoms with Crippen LogP contribution in [-0.2, 0) is 6.54 Å².